The van der Waals surface area contributed by atoms with Crippen molar-refractivity contribution in [3.05, 3.63) is 47.2 Å². The van der Waals surface area contributed by atoms with Crippen molar-refractivity contribution in [3.8, 4) is 0 Å². The summed E-state index contributed by atoms with van der Waals surface area (Å²) < 4.78 is 0. The maximum Gasteiger partial charge on any atom is 0.231 e. The Morgan fingerprint density at radius 2 is 2.25 bits per heavy atom. The molecule has 4 nitrogen and oxygen atoms in total. The molecule has 0 radical (unpaired) electrons. The van der Waals surface area contributed by atoms with Crippen molar-refractivity contribution >= 4 is 23.5 Å². The quantitative estimate of drug-likeness (QED) is 0.857. The number of benzene rings is 1. The fourth-order valence-electron chi connectivity index (χ4n) is 1.32. The zero-order valence-corrected chi connectivity index (χ0v) is 9.16. The van der Waals surface area contributed by atoms with E-state index in [4.69, 9.17) is 11.6 Å². The Bertz CT molecular complexity index is 482. The van der Waals surface area contributed by atoms with E-state index in [1.165, 1.54) is 0 Å². The zero-order valence-electron chi connectivity index (χ0n) is 8.40. The summed E-state index contributed by atoms with van der Waals surface area (Å²) in [6, 6.07) is 7.26. The number of aromatic amines is 1. The van der Waals surface area contributed by atoms with Crippen LogP contribution in [0.3, 0.4) is 0 Å². The minimum atomic E-state index is -0.150. The molecule has 1 aromatic heterocycles. The molecule has 1 heterocycles. The highest BCUT2D eigenvalue weighted by molar-refractivity contribution is 6.31. The number of aromatic nitrogens is 2. The molecule has 0 aliphatic rings. The number of carbonyl (C=O) groups excluding carboxylic acids is 1. The van der Waals surface area contributed by atoms with E-state index < -0.39 is 0 Å². The first-order valence-electron chi connectivity index (χ1n) is 4.78. The van der Waals surface area contributed by atoms with Crippen LogP contribution in [0.4, 0.5) is 5.95 Å². The lowest BCUT2D eigenvalue weighted by Gasteiger charge is -2.03. The first-order valence-corrected chi connectivity index (χ1v) is 5.16. The fourth-order valence-corrected chi connectivity index (χ4v) is 1.53. The van der Waals surface area contributed by atoms with Crippen LogP contribution in [0.2, 0.25) is 5.02 Å². The second-order valence-corrected chi connectivity index (χ2v) is 3.66. The van der Waals surface area contributed by atoms with Gasteiger partial charge in [0, 0.05) is 17.4 Å². The van der Waals surface area contributed by atoms with Crippen LogP contribution in [0.25, 0.3) is 0 Å². The van der Waals surface area contributed by atoms with E-state index in [0.29, 0.717) is 11.0 Å². The number of nitrogens with one attached hydrogen (secondary N) is 2. The molecule has 0 unspecified atom stereocenters. The Balaban J connectivity index is 2.00. The topological polar surface area (TPSA) is 57.8 Å². The van der Waals surface area contributed by atoms with Crippen LogP contribution in [-0.4, -0.2) is 15.9 Å². The lowest BCUT2D eigenvalue weighted by Crippen LogP contribution is -2.15. The highest BCUT2D eigenvalue weighted by atomic mass is 35.5. The van der Waals surface area contributed by atoms with Crippen molar-refractivity contribution in [1.82, 2.24) is 9.97 Å². The van der Waals surface area contributed by atoms with Crippen LogP contribution in [0, 0.1) is 0 Å². The average molecular weight is 236 g/mol. The van der Waals surface area contributed by atoms with Crippen LogP contribution in [0.1, 0.15) is 5.56 Å². The zero-order chi connectivity index (χ0) is 11.4. The molecular weight excluding hydrogens is 226 g/mol. The predicted octanol–water partition coefficient (Wildman–Crippen LogP) is 2.24. The third kappa shape index (κ3) is 2.61. The summed E-state index contributed by atoms with van der Waals surface area (Å²) >= 11 is 5.95. The molecule has 0 spiro atoms. The van der Waals surface area contributed by atoms with Gasteiger partial charge in [0.05, 0.1) is 6.42 Å². The number of anilines is 1. The molecule has 2 aromatic rings. The molecule has 0 saturated heterocycles. The molecule has 1 amide bonds. The first-order chi connectivity index (χ1) is 7.75. The highest BCUT2D eigenvalue weighted by Crippen LogP contribution is 2.15. The summed E-state index contributed by atoms with van der Waals surface area (Å²) in [5.74, 6) is 0.292. The number of hydrogen-bond acceptors (Lipinski definition) is 2. The third-order valence-corrected chi connectivity index (χ3v) is 2.43. The minimum Gasteiger partial charge on any atom is -0.331 e. The lowest BCUT2D eigenvalue weighted by molar-refractivity contribution is -0.115. The molecule has 16 heavy (non-hydrogen) atoms. The van der Waals surface area contributed by atoms with Gasteiger partial charge in [-0.1, -0.05) is 29.8 Å². The summed E-state index contributed by atoms with van der Waals surface area (Å²) in [5.41, 5.74) is 0.799. The van der Waals surface area contributed by atoms with E-state index in [1.54, 1.807) is 18.5 Å². The molecule has 1 aromatic carbocycles. The number of amides is 1. The Kier molecular flexibility index (Phi) is 3.22. The SMILES string of the molecule is O=C(Cc1ccccc1Cl)Nc1ncc[nH]1. The molecule has 82 valence electrons. The van der Waals surface area contributed by atoms with Crippen LogP contribution in [-0.2, 0) is 11.2 Å². The predicted molar refractivity (Wildman–Crippen MR) is 62.4 cm³/mol. The number of rotatable bonds is 3. The molecular formula is C11H10ClN3O. The van der Waals surface area contributed by atoms with Gasteiger partial charge in [0.2, 0.25) is 11.9 Å². The van der Waals surface area contributed by atoms with E-state index in [1.807, 2.05) is 18.2 Å². The maximum absolute atomic E-state index is 11.6. The maximum atomic E-state index is 11.6. The Morgan fingerprint density at radius 3 is 2.94 bits per heavy atom. The monoisotopic (exact) mass is 235 g/mol. The van der Waals surface area contributed by atoms with Crippen molar-refractivity contribution in [2.75, 3.05) is 5.32 Å². The molecule has 2 N–H and O–H groups in total. The van der Waals surface area contributed by atoms with Gasteiger partial charge in [-0.3, -0.25) is 10.1 Å². The second kappa shape index (κ2) is 4.81. The van der Waals surface area contributed by atoms with E-state index >= 15 is 0 Å². The summed E-state index contributed by atoms with van der Waals surface area (Å²) in [6.45, 7) is 0. The highest BCUT2D eigenvalue weighted by Gasteiger charge is 2.07. The van der Waals surface area contributed by atoms with Gasteiger partial charge in [-0.05, 0) is 11.6 Å². The molecule has 0 saturated carbocycles. The normalized spacial score (nSPS) is 10.1. The summed E-state index contributed by atoms with van der Waals surface area (Å²) in [6.07, 6.45) is 3.45. The van der Waals surface area contributed by atoms with Crippen LogP contribution in [0.5, 0.6) is 0 Å². The van der Waals surface area contributed by atoms with Gasteiger partial charge in [-0.25, -0.2) is 4.98 Å². The summed E-state index contributed by atoms with van der Waals surface area (Å²) in [4.78, 5) is 18.3. The number of carbonyl (C=O) groups is 1. The van der Waals surface area contributed by atoms with E-state index in [2.05, 4.69) is 15.3 Å². The number of H-pyrrole nitrogens is 1. The largest absolute Gasteiger partial charge is 0.331 e. The van der Waals surface area contributed by atoms with Gasteiger partial charge in [0.15, 0.2) is 0 Å². The average Bonchev–Trinajstić information content (AvgIpc) is 2.74. The van der Waals surface area contributed by atoms with Crippen molar-refractivity contribution in [3.63, 3.8) is 0 Å². The molecule has 2 rings (SSSR count). The standard InChI is InChI=1S/C11H10ClN3O/c12-9-4-2-1-3-8(9)7-10(16)15-11-13-5-6-14-11/h1-6H,7H2,(H2,13,14,15,16). The fraction of sp³-hybridized carbons (Fsp3) is 0.0909. The smallest absolute Gasteiger partial charge is 0.231 e. The second-order valence-electron chi connectivity index (χ2n) is 3.25. The van der Waals surface area contributed by atoms with E-state index in [-0.39, 0.29) is 12.3 Å². The van der Waals surface area contributed by atoms with Gasteiger partial charge in [0.25, 0.3) is 0 Å². The minimum absolute atomic E-state index is 0.150. The van der Waals surface area contributed by atoms with Gasteiger partial charge in [0.1, 0.15) is 0 Å². The Hall–Kier alpha value is -1.81. The first kappa shape index (κ1) is 10.7. The van der Waals surface area contributed by atoms with E-state index in [9.17, 15) is 4.79 Å². The number of nitrogens with zero attached hydrogens (tertiary/aromatic N) is 1. The van der Waals surface area contributed by atoms with Crippen molar-refractivity contribution < 1.29 is 4.79 Å². The Morgan fingerprint density at radius 1 is 1.44 bits per heavy atom. The summed E-state index contributed by atoms with van der Waals surface area (Å²) in [5, 5.41) is 3.23. The number of hydrogen-bond donors (Lipinski definition) is 2. The Labute approximate surface area is 97.7 Å². The van der Waals surface area contributed by atoms with Gasteiger partial charge >= 0.3 is 0 Å². The van der Waals surface area contributed by atoms with Crippen LogP contribution < -0.4 is 5.32 Å². The number of halogens is 1. The third-order valence-electron chi connectivity index (χ3n) is 2.06. The van der Waals surface area contributed by atoms with Gasteiger partial charge in [-0.2, -0.15) is 0 Å². The molecule has 0 aliphatic carbocycles. The van der Waals surface area contributed by atoms with E-state index in [0.717, 1.165) is 5.56 Å². The lowest BCUT2D eigenvalue weighted by atomic mass is 10.1. The molecule has 0 atom stereocenters. The molecule has 0 fully saturated rings. The summed E-state index contributed by atoms with van der Waals surface area (Å²) in [7, 11) is 0. The van der Waals surface area contributed by atoms with Crippen LogP contribution in [0.15, 0.2) is 36.7 Å². The van der Waals surface area contributed by atoms with Crippen molar-refractivity contribution in [1.29, 1.82) is 0 Å². The van der Waals surface area contributed by atoms with Gasteiger partial charge < -0.3 is 4.98 Å². The van der Waals surface area contributed by atoms with Crippen molar-refractivity contribution in [2.45, 2.75) is 6.42 Å². The van der Waals surface area contributed by atoms with Crippen LogP contribution >= 0.6 is 11.6 Å². The molecule has 0 bridgehead atoms. The molecule has 5 heteroatoms. The van der Waals surface area contributed by atoms with Gasteiger partial charge in [-0.15, -0.1) is 0 Å². The van der Waals surface area contributed by atoms with Crippen molar-refractivity contribution in [2.24, 2.45) is 0 Å². The molecule has 0 aliphatic heterocycles. The number of imidazole rings is 1.